The third-order valence-electron chi connectivity index (χ3n) is 5.63. The maximum Gasteiger partial charge on any atom is 0.261 e. The molecule has 0 aromatic heterocycles. The van der Waals surface area contributed by atoms with Gasteiger partial charge >= 0.3 is 0 Å². The van der Waals surface area contributed by atoms with Gasteiger partial charge in [-0.05, 0) is 85.6 Å². The van der Waals surface area contributed by atoms with Crippen molar-refractivity contribution in [1.29, 1.82) is 0 Å². The van der Waals surface area contributed by atoms with Gasteiger partial charge in [0.05, 0.1) is 15.5 Å². The summed E-state index contributed by atoms with van der Waals surface area (Å²) in [5.41, 5.74) is 2.89. The Morgan fingerprint density at radius 1 is 0.629 bits per heavy atom. The number of hydrogen-bond donors (Lipinski definition) is 2. The SMILES string of the molecule is Cc1ccc(NS(=O)(=O)c2ccc(NS(=O)(=O)c3ccc(N4C(=O)CCC4=O)cc3)cc2)cc1C. The first-order chi connectivity index (χ1) is 16.5. The van der Waals surface area contributed by atoms with Crippen molar-refractivity contribution in [1.82, 2.24) is 0 Å². The molecule has 0 atom stereocenters. The minimum atomic E-state index is -3.99. The predicted octanol–water partition coefficient (Wildman–Crippen LogP) is 3.56. The second-order valence-corrected chi connectivity index (χ2v) is 11.5. The summed E-state index contributed by atoms with van der Waals surface area (Å²) in [7, 11) is -7.85. The number of sulfonamides is 2. The third kappa shape index (κ3) is 5.20. The highest BCUT2D eigenvalue weighted by molar-refractivity contribution is 7.93. The lowest BCUT2D eigenvalue weighted by Crippen LogP contribution is -2.28. The number of imide groups is 1. The van der Waals surface area contributed by atoms with Gasteiger partial charge in [-0.2, -0.15) is 0 Å². The molecule has 1 fully saturated rings. The minimum absolute atomic E-state index is 0.0250. The molecule has 0 bridgehead atoms. The quantitative estimate of drug-likeness (QED) is 0.465. The maximum atomic E-state index is 12.8. The van der Waals surface area contributed by atoms with Gasteiger partial charge in [-0.25, -0.2) is 16.8 Å². The van der Waals surface area contributed by atoms with Crippen molar-refractivity contribution in [3.8, 4) is 0 Å². The zero-order valence-corrected chi connectivity index (χ0v) is 20.6. The van der Waals surface area contributed by atoms with Crippen molar-refractivity contribution in [2.24, 2.45) is 0 Å². The molecule has 0 spiro atoms. The lowest BCUT2D eigenvalue weighted by Gasteiger charge is -2.15. The summed E-state index contributed by atoms with van der Waals surface area (Å²) in [6, 6.07) is 15.9. The number of rotatable bonds is 7. The lowest BCUT2D eigenvalue weighted by molar-refractivity contribution is -0.121. The second-order valence-electron chi connectivity index (χ2n) is 8.15. The smallest absolute Gasteiger partial charge is 0.261 e. The second kappa shape index (κ2) is 9.16. The average Bonchev–Trinajstić information content (AvgIpc) is 3.14. The summed E-state index contributed by atoms with van der Waals surface area (Å²) >= 11 is 0. The van der Waals surface area contributed by atoms with Crippen LogP contribution in [0.4, 0.5) is 17.1 Å². The summed E-state index contributed by atoms with van der Waals surface area (Å²) in [6.45, 7) is 3.81. The molecular formula is C24H23N3O6S2. The first kappa shape index (κ1) is 24.4. The molecule has 0 radical (unpaired) electrons. The predicted molar refractivity (Wildman–Crippen MR) is 132 cm³/mol. The molecule has 2 N–H and O–H groups in total. The Balaban J connectivity index is 1.48. The zero-order chi connectivity index (χ0) is 25.4. The molecule has 9 nitrogen and oxygen atoms in total. The van der Waals surface area contributed by atoms with Gasteiger partial charge in [-0.15, -0.1) is 0 Å². The number of nitrogens with zero attached hydrogens (tertiary/aromatic N) is 1. The van der Waals surface area contributed by atoms with Gasteiger partial charge in [0.2, 0.25) is 11.8 Å². The molecule has 0 saturated carbocycles. The van der Waals surface area contributed by atoms with E-state index in [9.17, 15) is 26.4 Å². The molecule has 182 valence electrons. The molecule has 1 heterocycles. The average molecular weight is 514 g/mol. The molecule has 4 rings (SSSR count). The Hall–Kier alpha value is -3.70. The van der Waals surface area contributed by atoms with E-state index in [0.29, 0.717) is 11.4 Å². The number of aryl methyl sites for hydroxylation is 2. The Morgan fingerprint density at radius 2 is 1.09 bits per heavy atom. The Bertz CT molecular complexity index is 1500. The van der Waals surface area contributed by atoms with E-state index in [-0.39, 0.29) is 40.1 Å². The number of nitrogens with one attached hydrogen (secondary N) is 2. The number of hydrogen-bond acceptors (Lipinski definition) is 6. The fourth-order valence-electron chi connectivity index (χ4n) is 3.57. The standard InChI is InChI=1S/C24H23N3O6S2/c1-16-3-4-19(15-17(16)2)26-35(32,33)21-9-5-18(6-10-21)25-34(30,31)22-11-7-20(8-12-22)27-23(28)13-14-24(27)29/h3-12,15,25-26H,13-14H2,1-2H3. The lowest BCUT2D eigenvalue weighted by atomic mass is 10.1. The molecule has 1 aliphatic heterocycles. The summed E-state index contributed by atoms with van der Waals surface area (Å²) in [5.74, 6) is -0.656. The van der Waals surface area contributed by atoms with E-state index >= 15 is 0 Å². The Kier molecular flexibility index (Phi) is 6.39. The van der Waals surface area contributed by atoms with Gasteiger partial charge in [-0.1, -0.05) is 6.07 Å². The molecule has 35 heavy (non-hydrogen) atoms. The van der Waals surface area contributed by atoms with Crippen molar-refractivity contribution in [3.05, 3.63) is 77.9 Å². The number of carbonyl (C=O) groups excluding carboxylic acids is 2. The fraction of sp³-hybridized carbons (Fsp3) is 0.167. The van der Waals surface area contributed by atoms with E-state index in [4.69, 9.17) is 0 Å². The third-order valence-corrected chi connectivity index (χ3v) is 8.43. The van der Waals surface area contributed by atoms with E-state index in [2.05, 4.69) is 9.44 Å². The van der Waals surface area contributed by atoms with E-state index < -0.39 is 20.0 Å². The van der Waals surface area contributed by atoms with Crippen molar-refractivity contribution >= 4 is 48.9 Å². The minimum Gasteiger partial charge on any atom is -0.280 e. The van der Waals surface area contributed by atoms with E-state index in [1.54, 1.807) is 12.1 Å². The number of amides is 2. The normalized spacial score (nSPS) is 14.3. The molecule has 1 aliphatic rings. The van der Waals surface area contributed by atoms with Crippen molar-refractivity contribution in [2.45, 2.75) is 36.5 Å². The topological polar surface area (TPSA) is 130 Å². The van der Waals surface area contributed by atoms with E-state index in [1.807, 2.05) is 19.9 Å². The number of carbonyl (C=O) groups is 2. The zero-order valence-electron chi connectivity index (χ0n) is 19.0. The molecule has 3 aromatic rings. The van der Waals surface area contributed by atoms with Crippen LogP contribution in [0.2, 0.25) is 0 Å². The van der Waals surface area contributed by atoms with Crippen LogP contribution in [0.25, 0.3) is 0 Å². The maximum absolute atomic E-state index is 12.8. The Labute approximate surface area is 203 Å². The van der Waals surface area contributed by atoms with Crippen LogP contribution in [0.3, 0.4) is 0 Å². The summed E-state index contributed by atoms with van der Waals surface area (Å²) < 4.78 is 55.8. The monoisotopic (exact) mass is 513 g/mol. The van der Waals surface area contributed by atoms with Gasteiger partial charge in [0.15, 0.2) is 0 Å². The van der Waals surface area contributed by atoms with Gasteiger partial charge in [0, 0.05) is 24.2 Å². The van der Waals surface area contributed by atoms with Gasteiger partial charge in [0.25, 0.3) is 20.0 Å². The number of anilines is 3. The van der Waals surface area contributed by atoms with Crippen LogP contribution in [-0.2, 0) is 29.6 Å². The molecule has 3 aromatic carbocycles. The van der Waals surface area contributed by atoms with Crippen LogP contribution in [-0.4, -0.2) is 28.6 Å². The first-order valence-electron chi connectivity index (χ1n) is 10.7. The first-order valence-corrected chi connectivity index (χ1v) is 13.6. The fourth-order valence-corrected chi connectivity index (χ4v) is 5.68. The van der Waals surface area contributed by atoms with E-state index in [0.717, 1.165) is 16.0 Å². The van der Waals surface area contributed by atoms with Gasteiger partial charge in [0.1, 0.15) is 0 Å². The van der Waals surface area contributed by atoms with Gasteiger partial charge in [-0.3, -0.25) is 23.9 Å². The molecule has 1 saturated heterocycles. The van der Waals surface area contributed by atoms with Crippen molar-refractivity contribution in [2.75, 3.05) is 14.3 Å². The van der Waals surface area contributed by atoms with Crippen molar-refractivity contribution < 1.29 is 26.4 Å². The van der Waals surface area contributed by atoms with Crippen LogP contribution < -0.4 is 14.3 Å². The highest BCUT2D eigenvalue weighted by Crippen LogP contribution is 2.26. The van der Waals surface area contributed by atoms with Gasteiger partial charge < -0.3 is 0 Å². The highest BCUT2D eigenvalue weighted by Gasteiger charge is 2.30. The Morgan fingerprint density at radius 3 is 1.60 bits per heavy atom. The van der Waals surface area contributed by atoms with Crippen LogP contribution >= 0.6 is 0 Å². The molecular weight excluding hydrogens is 490 g/mol. The van der Waals surface area contributed by atoms with Crippen molar-refractivity contribution in [3.63, 3.8) is 0 Å². The molecule has 2 amide bonds. The summed E-state index contributed by atoms with van der Waals surface area (Å²) in [4.78, 5) is 24.7. The molecule has 0 unspecified atom stereocenters. The summed E-state index contributed by atoms with van der Waals surface area (Å²) in [6.07, 6.45) is 0.263. The van der Waals surface area contributed by atoms with Crippen LogP contribution in [0.1, 0.15) is 24.0 Å². The largest absolute Gasteiger partial charge is 0.280 e. The van der Waals surface area contributed by atoms with Crippen LogP contribution in [0, 0.1) is 13.8 Å². The van der Waals surface area contributed by atoms with Crippen LogP contribution in [0.15, 0.2) is 76.5 Å². The molecule has 11 heteroatoms. The van der Waals surface area contributed by atoms with Crippen LogP contribution in [0.5, 0.6) is 0 Å². The van der Waals surface area contributed by atoms with E-state index in [1.165, 1.54) is 48.5 Å². The highest BCUT2D eigenvalue weighted by atomic mass is 32.2. The molecule has 0 aliphatic carbocycles. The number of benzene rings is 3. The summed E-state index contributed by atoms with van der Waals surface area (Å²) in [5, 5.41) is 0.